The van der Waals surface area contributed by atoms with Gasteiger partial charge in [-0.1, -0.05) is 44.9 Å². The van der Waals surface area contributed by atoms with Crippen molar-refractivity contribution in [3.05, 3.63) is 57.3 Å². The Morgan fingerprint density at radius 2 is 2.07 bits per heavy atom. The first-order valence-electron chi connectivity index (χ1n) is 9.15. The number of ether oxygens (including phenoxy) is 1. The van der Waals surface area contributed by atoms with Crippen molar-refractivity contribution in [3.8, 4) is 0 Å². The molecular formula is C20H19BrCl2FN3O2S. The zero-order valence-corrected chi connectivity index (χ0v) is 19.8. The van der Waals surface area contributed by atoms with E-state index in [0.717, 1.165) is 17.6 Å². The molecule has 160 valence electrons. The van der Waals surface area contributed by atoms with Gasteiger partial charge in [0.1, 0.15) is 11.3 Å². The summed E-state index contributed by atoms with van der Waals surface area (Å²) in [6.45, 7) is 4.07. The van der Waals surface area contributed by atoms with E-state index in [1.54, 1.807) is 35.2 Å². The van der Waals surface area contributed by atoms with Crippen LogP contribution in [0.15, 0.2) is 40.9 Å². The summed E-state index contributed by atoms with van der Waals surface area (Å²) in [7, 11) is 0. The van der Waals surface area contributed by atoms with Crippen molar-refractivity contribution < 1.29 is 13.9 Å². The van der Waals surface area contributed by atoms with Gasteiger partial charge in [-0.15, -0.1) is 12.4 Å². The van der Waals surface area contributed by atoms with Gasteiger partial charge >= 0.3 is 0 Å². The summed E-state index contributed by atoms with van der Waals surface area (Å²) < 4.78 is 21.0. The lowest BCUT2D eigenvalue weighted by atomic mass is 10.2. The van der Waals surface area contributed by atoms with E-state index in [-0.39, 0.29) is 23.8 Å². The van der Waals surface area contributed by atoms with Gasteiger partial charge < -0.3 is 4.74 Å². The highest BCUT2D eigenvalue weighted by molar-refractivity contribution is 9.10. The van der Waals surface area contributed by atoms with Crippen LogP contribution in [-0.4, -0.2) is 55.2 Å². The van der Waals surface area contributed by atoms with Crippen molar-refractivity contribution >= 4 is 72.5 Å². The van der Waals surface area contributed by atoms with Gasteiger partial charge in [0.25, 0.3) is 5.91 Å². The van der Waals surface area contributed by atoms with Crippen LogP contribution in [0.25, 0.3) is 10.2 Å². The number of carbonyl (C=O) groups excluding carboxylic acids is 1. The lowest BCUT2D eigenvalue weighted by Crippen LogP contribution is -2.43. The number of benzene rings is 2. The molecule has 0 spiro atoms. The molecule has 1 aromatic heterocycles. The van der Waals surface area contributed by atoms with Crippen LogP contribution in [0.5, 0.6) is 0 Å². The maximum absolute atomic E-state index is 14.2. The molecule has 3 aromatic rings. The number of nitrogens with zero attached hydrogens (tertiary/aromatic N) is 3. The molecule has 2 heterocycles. The molecule has 2 aromatic carbocycles. The standard InChI is InChI=1S/C20H18BrClFN3O2S.ClH/c21-13-4-5-15(22)14(12-13)19(27)26(7-6-25-8-10-28-11-9-25)20-24-18-16(23)2-1-3-17(18)29-20;/h1-5,12H,6-11H2;1H. The zero-order chi connectivity index (χ0) is 20.4. The van der Waals surface area contributed by atoms with E-state index in [1.807, 2.05) is 0 Å². The monoisotopic (exact) mass is 533 g/mol. The summed E-state index contributed by atoms with van der Waals surface area (Å²) in [5, 5.41) is 0.821. The normalized spacial score (nSPS) is 14.5. The SMILES string of the molecule is Cl.O=C(c1cc(Br)ccc1Cl)N(CCN1CCOCC1)c1nc2c(F)cccc2s1. The number of morpholine rings is 1. The fourth-order valence-corrected chi connectivity index (χ4v) is 4.74. The second-order valence-electron chi connectivity index (χ2n) is 6.62. The van der Waals surface area contributed by atoms with Crippen molar-refractivity contribution in [1.29, 1.82) is 0 Å². The second-order valence-corrected chi connectivity index (χ2v) is 8.95. The van der Waals surface area contributed by atoms with Crippen molar-refractivity contribution in [1.82, 2.24) is 9.88 Å². The first-order chi connectivity index (χ1) is 14.0. The predicted molar refractivity (Wildman–Crippen MR) is 125 cm³/mol. The molecule has 0 aliphatic carbocycles. The Hall–Kier alpha value is -1.29. The molecule has 30 heavy (non-hydrogen) atoms. The van der Waals surface area contributed by atoms with Crippen molar-refractivity contribution in [2.75, 3.05) is 44.3 Å². The van der Waals surface area contributed by atoms with Gasteiger partial charge in [0, 0.05) is 30.7 Å². The molecule has 0 radical (unpaired) electrons. The van der Waals surface area contributed by atoms with Gasteiger partial charge in [-0.25, -0.2) is 9.37 Å². The third kappa shape index (κ3) is 5.12. The van der Waals surface area contributed by atoms with E-state index < -0.39 is 5.82 Å². The van der Waals surface area contributed by atoms with Gasteiger partial charge in [-0.3, -0.25) is 14.6 Å². The molecular weight excluding hydrogens is 516 g/mol. The maximum Gasteiger partial charge on any atom is 0.261 e. The smallest absolute Gasteiger partial charge is 0.261 e. The highest BCUT2D eigenvalue weighted by atomic mass is 79.9. The molecule has 1 fully saturated rings. The molecule has 0 unspecified atom stereocenters. The molecule has 1 aliphatic rings. The fraction of sp³-hybridized carbons (Fsp3) is 0.300. The summed E-state index contributed by atoms with van der Waals surface area (Å²) in [4.78, 5) is 21.7. The second kappa shape index (κ2) is 10.3. The Labute approximate surface area is 197 Å². The summed E-state index contributed by atoms with van der Waals surface area (Å²) in [6.07, 6.45) is 0. The molecule has 10 heteroatoms. The number of rotatable bonds is 5. The zero-order valence-electron chi connectivity index (χ0n) is 15.8. The van der Waals surface area contributed by atoms with E-state index in [2.05, 4.69) is 25.8 Å². The minimum absolute atomic E-state index is 0. The third-order valence-corrected chi connectivity index (χ3v) is 6.60. The van der Waals surface area contributed by atoms with Gasteiger partial charge in [-0.2, -0.15) is 0 Å². The Balaban J connectivity index is 0.00000256. The van der Waals surface area contributed by atoms with Gasteiger partial charge in [-0.05, 0) is 30.3 Å². The van der Waals surface area contributed by atoms with Crippen LogP contribution in [0.3, 0.4) is 0 Å². The summed E-state index contributed by atoms with van der Waals surface area (Å²) in [6, 6.07) is 9.97. The number of hydrogen-bond acceptors (Lipinski definition) is 5. The number of halogens is 4. The first-order valence-corrected chi connectivity index (χ1v) is 11.1. The average molecular weight is 535 g/mol. The molecule has 0 N–H and O–H groups in total. The fourth-order valence-electron chi connectivity index (χ4n) is 3.18. The van der Waals surface area contributed by atoms with Crippen LogP contribution in [0.2, 0.25) is 5.02 Å². The Morgan fingerprint density at radius 1 is 1.30 bits per heavy atom. The summed E-state index contributed by atoms with van der Waals surface area (Å²) in [5.41, 5.74) is 0.653. The molecule has 1 saturated heterocycles. The number of hydrogen-bond donors (Lipinski definition) is 0. The van der Waals surface area contributed by atoms with E-state index in [1.165, 1.54) is 17.4 Å². The van der Waals surface area contributed by atoms with Crippen molar-refractivity contribution in [3.63, 3.8) is 0 Å². The number of fused-ring (bicyclic) bond motifs is 1. The van der Waals surface area contributed by atoms with E-state index >= 15 is 0 Å². The highest BCUT2D eigenvalue weighted by Gasteiger charge is 2.25. The van der Waals surface area contributed by atoms with E-state index in [0.29, 0.717) is 46.7 Å². The van der Waals surface area contributed by atoms with Gasteiger partial charge in [0.05, 0.1) is 28.5 Å². The van der Waals surface area contributed by atoms with E-state index in [9.17, 15) is 9.18 Å². The topological polar surface area (TPSA) is 45.7 Å². The Kier molecular flexibility index (Phi) is 8.06. The van der Waals surface area contributed by atoms with Gasteiger partial charge in [0.2, 0.25) is 0 Å². The van der Waals surface area contributed by atoms with E-state index in [4.69, 9.17) is 16.3 Å². The lowest BCUT2D eigenvalue weighted by molar-refractivity contribution is 0.0391. The number of carbonyl (C=O) groups is 1. The predicted octanol–water partition coefficient (Wildman–Crippen LogP) is 5.25. The molecule has 5 nitrogen and oxygen atoms in total. The quantitative estimate of drug-likeness (QED) is 0.448. The number of amides is 1. The van der Waals surface area contributed by atoms with Gasteiger partial charge in [0.15, 0.2) is 5.13 Å². The van der Waals surface area contributed by atoms with Crippen LogP contribution in [0.4, 0.5) is 9.52 Å². The van der Waals surface area contributed by atoms with Crippen LogP contribution < -0.4 is 4.90 Å². The minimum Gasteiger partial charge on any atom is -0.379 e. The Morgan fingerprint density at radius 3 is 2.80 bits per heavy atom. The lowest BCUT2D eigenvalue weighted by Gasteiger charge is -2.29. The average Bonchev–Trinajstić information content (AvgIpc) is 3.16. The maximum atomic E-state index is 14.2. The Bertz CT molecular complexity index is 1050. The van der Waals surface area contributed by atoms with Crippen LogP contribution in [-0.2, 0) is 4.74 Å². The summed E-state index contributed by atoms with van der Waals surface area (Å²) in [5.74, 6) is -0.657. The first kappa shape index (κ1) is 23.4. The molecule has 4 rings (SSSR count). The number of thiazole rings is 1. The van der Waals surface area contributed by atoms with Crippen molar-refractivity contribution in [2.45, 2.75) is 0 Å². The minimum atomic E-state index is -0.397. The molecule has 0 saturated carbocycles. The largest absolute Gasteiger partial charge is 0.379 e. The number of anilines is 1. The number of para-hydroxylation sites is 1. The summed E-state index contributed by atoms with van der Waals surface area (Å²) >= 11 is 11.0. The van der Waals surface area contributed by atoms with Crippen LogP contribution >= 0.6 is 51.3 Å². The molecule has 1 aliphatic heterocycles. The highest BCUT2D eigenvalue weighted by Crippen LogP contribution is 2.32. The third-order valence-electron chi connectivity index (χ3n) is 4.74. The molecule has 1 amide bonds. The van der Waals surface area contributed by atoms with Crippen LogP contribution in [0, 0.1) is 5.82 Å². The molecule has 0 bridgehead atoms. The molecule has 0 atom stereocenters. The van der Waals surface area contributed by atoms with Crippen molar-refractivity contribution in [2.24, 2.45) is 0 Å². The number of aromatic nitrogens is 1. The van der Waals surface area contributed by atoms with Crippen LogP contribution in [0.1, 0.15) is 10.4 Å².